The molecule has 2 N–H and O–H groups in total. The number of nitrogens with one attached hydrogen (secondary N) is 1. The van der Waals surface area contributed by atoms with Crippen molar-refractivity contribution in [1.29, 1.82) is 0 Å². The summed E-state index contributed by atoms with van der Waals surface area (Å²) in [6.45, 7) is 0.501. The van der Waals surface area contributed by atoms with Crippen molar-refractivity contribution in [3.05, 3.63) is 51.5 Å². The Labute approximate surface area is 118 Å². The highest BCUT2D eigenvalue weighted by Gasteiger charge is 2.10. The van der Waals surface area contributed by atoms with Crippen LogP contribution in [0.1, 0.15) is 15.2 Å². The molecular weight excluding hydrogens is 278 g/mol. The van der Waals surface area contributed by atoms with Crippen LogP contribution in [-0.4, -0.2) is 11.0 Å². The van der Waals surface area contributed by atoms with Gasteiger partial charge in [0.25, 0.3) is 5.91 Å². The van der Waals surface area contributed by atoms with Gasteiger partial charge in [0, 0.05) is 22.7 Å². The zero-order valence-electron chi connectivity index (χ0n) is 9.92. The lowest BCUT2D eigenvalue weighted by Gasteiger charge is -2.02. The Morgan fingerprint density at radius 3 is 2.84 bits per heavy atom. The second-order valence-corrected chi connectivity index (χ2v) is 5.93. The maximum Gasteiger partial charge on any atom is 0.261 e. The van der Waals surface area contributed by atoms with E-state index in [0.717, 1.165) is 5.56 Å². The minimum Gasteiger partial charge on any atom is -0.507 e. The summed E-state index contributed by atoms with van der Waals surface area (Å²) in [6.07, 6.45) is 0. The summed E-state index contributed by atoms with van der Waals surface area (Å²) in [6, 6.07) is 9.62. The van der Waals surface area contributed by atoms with Crippen LogP contribution in [0.3, 0.4) is 0 Å². The van der Waals surface area contributed by atoms with Gasteiger partial charge in [0.1, 0.15) is 5.75 Å². The zero-order valence-corrected chi connectivity index (χ0v) is 11.6. The van der Waals surface area contributed by atoms with E-state index < -0.39 is 0 Å². The highest BCUT2D eigenvalue weighted by Crippen LogP contribution is 2.25. The molecule has 19 heavy (non-hydrogen) atoms. The van der Waals surface area contributed by atoms with E-state index in [1.54, 1.807) is 16.7 Å². The Hall–Kier alpha value is -1.85. The van der Waals surface area contributed by atoms with Gasteiger partial charge < -0.3 is 10.4 Å². The standard InChI is InChI=1S/C14H11NO2S2/c16-10-5-13(19-8-10)14(17)15-6-9-7-18-12-4-2-1-3-11(9)12/h1-5,7-8,16H,6H2,(H,15,17). The van der Waals surface area contributed by atoms with Gasteiger partial charge in [-0.1, -0.05) is 18.2 Å². The molecule has 1 amide bonds. The van der Waals surface area contributed by atoms with Crippen molar-refractivity contribution in [2.45, 2.75) is 6.54 Å². The number of aromatic hydroxyl groups is 1. The molecule has 0 aliphatic heterocycles. The van der Waals surface area contributed by atoms with Gasteiger partial charge in [0.05, 0.1) is 4.88 Å². The third-order valence-electron chi connectivity index (χ3n) is 2.81. The molecule has 0 saturated carbocycles. The molecule has 3 aromatic rings. The molecule has 2 heterocycles. The fraction of sp³-hybridized carbons (Fsp3) is 0.0714. The molecule has 0 fully saturated rings. The molecule has 0 radical (unpaired) electrons. The number of carbonyl (C=O) groups excluding carboxylic acids is 1. The van der Waals surface area contributed by atoms with Gasteiger partial charge in [-0.05, 0) is 22.4 Å². The lowest BCUT2D eigenvalue weighted by molar-refractivity contribution is 0.0955. The Morgan fingerprint density at radius 1 is 1.21 bits per heavy atom. The molecule has 3 rings (SSSR count). The number of benzene rings is 1. The third-order valence-corrected chi connectivity index (χ3v) is 4.74. The minimum atomic E-state index is -0.152. The summed E-state index contributed by atoms with van der Waals surface area (Å²) in [5.41, 5.74) is 1.12. The Kier molecular flexibility index (Phi) is 3.23. The third kappa shape index (κ3) is 2.47. The average Bonchev–Trinajstić information content (AvgIpc) is 3.02. The molecule has 0 unspecified atom stereocenters. The number of amides is 1. The van der Waals surface area contributed by atoms with Gasteiger partial charge in [0.15, 0.2) is 0 Å². The first-order valence-electron chi connectivity index (χ1n) is 5.75. The van der Waals surface area contributed by atoms with Gasteiger partial charge in [0.2, 0.25) is 0 Å². The summed E-state index contributed by atoms with van der Waals surface area (Å²) in [5.74, 6) is -0.0169. The topological polar surface area (TPSA) is 49.3 Å². The van der Waals surface area contributed by atoms with Crippen LogP contribution in [0.5, 0.6) is 5.75 Å². The number of hydrogen-bond donors (Lipinski definition) is 2. The van der Waals surface area contributed by atoms with Crippen LogP contribution in [-0.2, 0) is 6.54 Å². The number of rotatable bonds is 3. The second-order valence-electron chi connectivity index (χ2n) is 4.11. The summed E-state index contributed by atoms with van der Waals surface area (Å²) >= 11 is 2.92. The summed E-state index contributed by atoms with van der Waals surface area (Å²) in [5, 5.41) is 16.9. The molecule has 0 spiro atoms. The molecule has 0 aliphatic carbocycles. The molecule has 5 heteroatoms. The van der Waals surface area contributed by atoms with Gasteiger partial charge in [-0.15, -0.1) is 22.7 Å². The highest BCUT2D eigenvalue weighted by molar-refractivity contribution is 7.17. The van der Waals surface area contributed by atoms with Crippen LogP contribution in [0, 0.1) is 0 Å². The number of carbonyl (C=O) groups is 1. The van der Waals surface area contributed by atoms with E-state index in [-0.39, 0.29) is 11.7 Å². The molecule has 2 aromatic heterocycles. The quantitative estimate of drug-likeness (QED) is 0.774. The fourth-order valence-corrected chi connectivity index (χ4v) is 3.52. The first kappa shape index (κ1) is 12.2. The monoisotopic (exact) mass is 289 g/mol. The van der Waals surface area contributed by atoms with E-state index in [4.69, 9.17) is 0 Å². The number of hydrogen-bond acceptors (Lipinski definition) is 4. The van der Waals surface area contributed by atoms with Crippen molar-refractivity contribution < 1.29 is 9.90 Å². The molecule has 3 nitrogen and oxygen atoms in total. The lowest BCUT2D eigenvalue weighted by Crippen LogP contribution is -2.21. The summed E-state index contributed by atoms with van der Waals surface area (Å²) in [7, 11) is 0. The van der Waals surface area contributed by atoms with Crippen molar-refractivity contribution in [3.8, 4) is 5.75 Å². The van der Waals surface area contributed by atoms with Gasteiger partial charge >= 0.3 is 0 Å². The van der Waals surface area contributed by atoms with Crippen LogP contribution in [0.2, 0.25) is 0 Å². The minimum absolute atomic E-state index is 0.135. The van der Waals surface area contributed by atoms with Crippen molar-refractivity contribution in [3.63, 3.8) is 0 Å². The Morgan fingerprint density at radius 2 is 2.05 bits per heavy atom. The van der Waals surface area contributed by atoms with Crippen LogP contribution in [0.25, 0.3) is 10.1 Å². The molecular formula is C14H11NO2S2. The molecule has 1 aromatic carbocycles. The SMILES string of the molecule is O=C(NCc1csc2ccccc12)c1cc(O)cs1. The number of fused-ring (bicyclic) bond motifs is 1. The van der Waals surface area contributed by atoms with E-state index in [1.165, 1.54) is 27.5 Å². The van der Waals surface area contributed by atoms with Crippen LogP contribution >= 0.6 is 22.7 Å². The van der Waals surface area contributed by atoms with Crippen LogP contribution in [0.4, 0.5) is 0 Å². The largest absolute Gasteiger partial charge is 0.507 e. The summed E-state index contributed by atoms with van der Waals surface area (Å²) < 4.78 is 1.22. The van der Waals surface area contributed by atoms with E-state index in [9.17, 15) is 9.90 Å². The maximum atomic E-state index is 11.9. The van der Waals surface area contributed by atoms with E-state index in [2.05, 4.69) is 22.8 Å². The molecule has 0 aliphatic rings. The predicted octanol–water partition coefficient (Wildman–Crippen LogP) is 3.60. The molecule has 96 valence electrons. The fourth-order valence-electron chi connectivity index (χ4n) is 1.88. The van der Waals surface area contributed by atoms with Gasteiger partial charge in [-0.3, -0.25) is 4.79 Å². The Balaban J connectivity index is 1.74. The Bertz CT molecular complexity index is 730. The molecule has 0 saturated heterocycles. The molecule has 0 bridgehead atoms. The van der Waals surface area contributed by atoms with Crippen molar-refractivity contribution in [1.82, 2.24) is 5.32 Å². The van der Waals surface area contributed by atoms with E-state index >= 15 is 0 Å². The summed E-state index contributed by atoms with van der Waals surface area (Å²) in [4.78, 5) is 12.4. The lowest BCUT2D eigenvalue weighted by atomic mass is 10.2. The zero-order chi connectivity index (χ0) is 13.2. The maximum absolute atomic E-state index is 11.9. The second kappa shape index (κ2) is 5.03. The first-order valence-corrected chi connectivity index (χ1v) is 7.51. The first-order chi connectivity index (χ1) is 9.24. The van der Waals surface area contributed by atoms with Gasteiger partial charge in [-0.25, -0.2) is 0 Å². The molecule has 0 atom stereocenters. The van der Waals surface area contributed by atoms with Crippen molar-refractivity contribution in [2.24, 2.45) is 0 Å². The van der Waals surface area contributed by atoms with Crippen molar-refractivity contribution in [2.75, 3.05) is 0 Å². The normalized spacial score (nSPS) is 10.7. The van der Waals surface area contributed by atoms with E-state index in [0.29, 0.717) is 11.4 Å². The van der Waals surface area contributed by atoms with Crippen LogP contribution in [0.15, 0.2) is 41.1 Å². The smallest absolute Gasteiger partial charge is 0.261 e. The van der Waals surface area contributed by atoms with E-state index in [1.807, 2.05) is 12.1 Å². The average molecular weight is 289 g/mol. The highest BCUT2D eigenvalue weighted by atomic mass is 32.1. The predicted molar refractivity (Wildman–Crippen MR) is 79.0 cm³/mol. The van der Waals surface area contributed by atoms with Gasteiger partial charge in [-0.2, -0.15) is 0 Å². The van der Waals surface area contributed by atoms with Crippen molar-refractivity contribution >= 4 is 38.7 Å². The number of thiophene rings is 2. The van der Waals surface area contributed by atoms with Crippen LogP contribution < -0.4 is 5.32 Å².